The summed E-state index contributed by atoms with van der Waals surface area (Å²) in [5.41, 5.74) is 2.67. The normalized spacial score (nSPS) is 19.4. The van der Waals surface area contributed by atoms with E-state index in [2.05, 4.69) is 51.2 Å². The van der Waals surface area contributed by atoms with E-state index in [-0.39, 0.29) is 0 Å². The molecule has 0 aromatic heterocycles. The maximum Gasteiger partial charge on any atom is 0.126 e. The summed E-state index contributed by atoms with van der Waals surface area (Å²) >= 11 is 0. The predicted molar refractivity (Wildman–Crippen MR) is 81.1 cm³/mol. The van der Waals surface area contributed by atoms with Crippen LogP contribution >= 0.6 is 0 Å². The second kappa shape index (κ2) is 6.42. The largest absolute Gasteiger partial charge is 0.491 e. The van der Waals surface area contributed by atoms with Crippen LogP contribution in [0.4, 0.5) is 0 Å². The highest BCUT2D eigenvalue weighted by Crippen LogP contribution is 2.34. The average Bonchev–Trinajstić information content (AvgIpc) is 2.88. The van der Waals surface area contributed by atoms with Crippen molar-refractivity contribution in [1.29, 1.82) is 0 Å². The average molecular weight is 261 g/mol. The summed E-state index contributed by atoms with van der Waals surface area (Å²) in [7, 11) is 0. The van der Waals surface area contributed by atoms with E-state index in [1.165, 1.54) is 24.0 Å². The van der Waals surface area contributed by atoms with Gasteiger partial charge in [-0.3, -0.25) is 0 Å². The van der Waals surface area contributed by atoms with Crippen molar-refractivity contribution in [3.8, 4) is 5.75 Å². The molecule has 0 radical (unpaired) electrons. The first kappa shape index (κ1) is 14.4. The van der Waals surface area contributed by atoms with Gasteiger partial charge in [0.2, 0.25) is 0 Å². The Morgan fingerprint density at radius 1 is 1.16 bits per heavy atom. The Hall–Kier alpha value is -1.02. The molecule has 0 bridgehead atoms. The first-order valence-corrected chi connectivity index (χ1v) is 7.58. The van der Waals surface area contributed by atoms with E-state index in [4.69, 9.17) is 4.74 Å². The van der Waals surface area contributed by atoms with Crippen molar-refractivity contribution < 1.29 is 4.74 Å². The molecular formula is C17H27NO. The van der Waals surface area contributed by atoms with Crippen LogP contribution in [-0.2, 0) is 0 Å². The van der Waals surface area contributed by atoms with Crippen LogP contribution < -0.4 is 10.1 Å². The molecule has 1 aliphatic heterocycles. The van der Waals surface area contributed by atoms with Crippen LogP contribution in [0.3, 0.4) is 0 Å². The summed E-state index contributed by atoms with van der Waals surface area (Å²) < 4.78 is 6.21. The van der Waals surface area contributed by atoms with E-state index < -0.39 is 0 Å². The zero-order valence-electron chi connectivity index (χ0n) is 12.7. The summed E-state index contributed by atoms with van der Waals surface area (Å²) in [6.45, 7) is 10.9. The number of nitrogens with one attached hydrogen (secondary N) is 1. The lowest BCUT2D eigenvalue weighted by atomic mass is 9.94. The van der Waals surface area contributed by atoms with Gasteiger partial charge in [0.1, 0.15) is 12.4 Å². The van der Waals surface area contributed by atoms with Gasteiger partial charge >= 0.3 is 0 Å². The molecule has 1 atom stereocenters. The molecule has 1 aliphatic rings. The third-order valence-electron chi connectivity index (χ3n) is 3.91. The Balaban J connectivity index is 2.19. The fourth-order valence-corrected chi connectivity index (χ4v) is 2.73. The van der Waals surface area contributed by atoms with Crippen LogP contribution in [0.25, 0.3) is 0 Å². The Bertz CT molecular complexity index is 379. The minimum absolute atomic E-state index is 0.505. The van der Waals surface area contributed by atoms with Crippen molar-refractivity contribution in [2.24, 2.45) is 0 Å². The van der Waals surface area contributed by atoms with Gasteiger partial charge in [-0.05, 0) is 42.3 Å². The quantitative estimate of drug-likeness (QED) is 0.863. The van der Waals surface area contributed by atoms with Gasteiger partial charge in [-0.1, -0.05) is 45.9 Å². The first-order chi connectivity index (χ1) is 9.09. The third-order valence-corrected chi connectivity index (χ3v) is 3.91. The van der Waals surface area contributed by atoms with Crippen LogP contribution in [0.5, 0.6) is 5.75 Å². The van der Waals surface area contributed by atoms with E-state index >= 15 is 0 Å². The molecule has 2 rings (SSSR count). The lowest BCUT2D eigenvalue weighted by molar-refractivity contribution is 0.270. The zero-order valence-corrected chi connectivity index (χ0v) is 12.7. The van der Waals surface area contributed by atoms with Crippen LogP contribution in [0, 0.1) is 0 Å². The molecule has 1 heterocycles. The van der Waals surface area contributed by atoms with E-state index in [9.17, 15) is 0 Å². The van der Waals surface area contributed by atoms with Crippen molar-refractivity contribution in [3.63, 3.8) is 0 Å². The van der Waals surface area contributed by atoms with E-state index in [1.807, 2.05) is 0 Å². The topological polar surface area (TPSA) is 21.3 Å². The molecule has 1 saturated heterocycles. The molecule has 2 nitrogen and oxygen atoms in total. The summed E-state index contributed by atoms with van der Waals surface area (Å²) in [4.78, 5) is 0. The standard InChI is InChI=1S/C17H27NO/c1-12(2)15-8-5-9-16(13(3)4)17(15)19-11-14-7-6-10-18-14/h5,8-9,12-14,18H,6-7,10-11H2,1-4H3/t14-/m0/s1. The van der Waals surface area contributed by atoms with Crippen molar-refractivity contribution in [3.05, 3.63) is 29.3 Å². The van der Waals surface area contributed by atoms with E-state index in [0.29, 0.717) is 17.9 Å². The van der Waals surface area contributed by atoms with Gasteiger partial charge in [-0.25, -0.2) is 0 Å². The lowest BCUT2D eigenvalue weighted by Crippen LogP contribution is -2.28. The van der Waals surface area contributed by atoms with Gasteiger partial charge in [-0.2, -0.15) is 0 Å². The minimum atomic E-state index is 0.505. The summed E-state index contributed by atoms with van der Waals surface area (Å²) in [6.07, 6.45) is 2.51. The Morgan fingerprint density at radius 3 is 2.26 bits per heavy atom. The Morgan fingerprint density at radius 2 is 1.79 bits per heavy atom. The zero-order chi connectivity index (χ0) is 13.8. The molecule has 0 spiro atoms. The number of rotatable bonds is 5. The first-order valence-electron chi connectivity index (χ1n) is 7.58. The second-order valence-electron chi connectivity index (χ2n) is 6.18. The number of hydrogen-bond acceptors (Lipinski definition) is 2. The molecule has 1 fully saturated rings. The lowest BCUT2D eigenvalue weighted by Gasteiger charge is -2.21. The fourth-order valence-electron chi connectivity index (χ4n) is 2.73. The Labute approximate surface area is 117 Å². The molecule has 19 heavy (non-hydrogen) atoms. The molecular weight excluding hydrogens is 234 g/mol. The molecule has 0 saturated carbocycles. The summed E-state index contributed by atoms with van der Waals surface area (Å²) in [5.74, 6) is 2.14. The number of benzene rings is 1. The highest BCUT2D eigenvalue weighted by atomic mass is 16.5. The van der Waals surface area contributed by atoms with Crippen LogP contribution in [0.15, 0.2) is 18.2 Å². The van der Waals surface area contributed by atoms with Gasteiger partial charge in [0.05, 0.1) is 0 Å². The predicted octanol–water partition coefficient (Wildman–Crippen LogP) is 4.06. The van der Waals surface area contributed by atoms with Crippen molar-refractivity contribution in [2.75, 3.05) is 13.2 Å². The van der Waals surface area contributed by atoms with Gasteiger partial charge < -0.3 is 10.1 Å². The van der Waals surface area contributed by atoms with Crippen LogP contribution in [-0.4, -0.2) is 19.2 Å². The molecule has 1 aromatic rings. The fraction of sp³-hybridized carbons (Fsp3) is 0.647. The highest BCUT2D eigenvalue weighted by Gasteiger charge is 2.18. The van der Waals surface area contributed by atoms with Gasteiger partial charge in [0, 0.05) is 6.04 Å². The number of ether oxygens (including phenoxy) is 1. The van der Waals surface area contributed by atoms with Crippen LogP contribution in [0.2, 0.25) is 0 Å². The van der Waals surface area contributed by atoms with Crippen molar-refractivity contribution >= 4 is 0 Å². The monoisotopic (exact) mass is 261 g/mol. The molecule has 0 amide bonds. The number of para-hydroxylation sites is 1. The molecule has 2 heteroatoms. The molecule has 106 valence electrons. The maximum absolute atomic E-state index is 6.21. The smallest absolute Gasteiger partial charge is 0.126 e. The SMILES string of the molecule is CC(C)c1cccc(C(C)C)c1OC[C@@H]1CCCN1. The molecule has 1 aromatic carbocycles. The minimum Gasteiger partial charge on any atom is -0.491 e. The van der Waals surface area contributed by atoms with E-state index in [1.54, 1.807) is 0 Å². The molecule has 1 N–H and O–H groups in total. The number of hydrogen-bond donors (Lipinski definition) is 1. The molecule has 0 aliphatic carbocycles. The van der Waals surface area contributed by atoms with Crippen molar-refractivity contribution in [2.45, 2.75) is 58.4 Å². The van der Waals surface area contributed by atoms with Crippen LogP contribution in [0.1, 0.15) is 63.5 Å². The summed E-state index contributed by atoms with van der Waals surface area (Å²) in [6, 6.07) is 7.09. The van der Waals surface area contributed by atoms with Gasteiger partial charge in [0.15, 0.2) is 0 Å². The second-order valence-corrected chi connectivity index (χ2v) is 6.18. The van der Waals surface area contributed by atoms with Gasteiger partial charge in [-0.15, -0.1) is 0 Å². The third kappa shape index (κ3) is 3.50. The molecule has 0 unspecified atom stereocenters. The summed E-state index contributed by atoms with van der Waals surface area (Å²) in [5, 5.41) is 3.50. The highest BCUT2D eigenvalue weighted by molar-refractivity contribution is 5.44. The van der Waals surface area contributed by atoms with Gasteiger partial charge in [0.25, 0.3) is 0 Å². The van der Waals surface area contributed by atoms with E-state index in [0.717, 1.165) is 18.9 Å². The van der Waals surface area contributed by atoms with Crippen molar-refractivity contribution in [1.82, 2.24) is 5.32 Å². The maximum atomic E-state index is 6.21. The Kier molecular flexibility index (Phi) is 4.87.